The molecule has 0 aliphatic rings. The maximum atomic E-state index is 10.9. The van der Waals surface area contributed by atoms with Crippen LogP contribution in [0.25, 0.3) is 0 Å². The first kappa shape index (κ1) is 16.3. The van der Waals surface area contributed by atoms with Crippen molar-refractivity contribution in [1.82, 2.24) is 0 Å². The van der Waals surface area contributed by atoms with Crippen LogP contribution in [0.2, 0.25) is 0 Å². The molecule has 0 aliphatic heterocycles. The Morgan fingerprint density at radius 3 is 2.25 bits per heavy atom. The lowest BCUT2D eigenvalue weighted by Gasteiger charge is -2.15. The van der Waals surface area contributed by atoms with Crippen molar-refractivity contribution in [2.24, 2.45) is 0 Å². The van der Waals surface area contributed by atoms with Crippen LogP contribution < -0.4 is 9.47 Å². The van der Waals surface area contributed by atoms with Gasteiger partial charge in [0.2, 0.25) is 0 Å². The Kier molecular flexibility index (Phi) is 7.50. The smallest absolute Gasteiger partial charge is 0.332 e. The van der Waals surface area contributed by atoms with Crippen LogP contribution >= 0.6 is 0 Å². The predicted octanol–water partition coefficient (Wildman–Crippen LogP) is 2.73. The van der Waals surface area contributed by atoms with Crippen molar-refractivity contribution in [3.8, 4) is 11.5 Å². The number of hydrogen-bond acceptors (Lipinski definition) is 4. The molecule has 1 N–H and O–H groups in total. The zero-order chi connectivity index (χ0) is 14.8. The summed E-state index contributed by atoms with van der Waals surface area (Å²) in [6, 6.07) is 7.37. The third-order valence-corrected chi connectivity index (χ3v) is 2.59. The van der Waals surface area contributed by atoms with Gasteiger partial charge in [-0.1, -0.05) is 19.1 Å². The van der Waals surface area contributed by atoms with Crippen LogP contribution in [0.3, 0.4) is 0 Å². The molecule has 5 heteroatoms. The second kappa shape index (κ2) is 9.20. The highest BCUT2D eigenvalue weighted by Crippen LogP contribution is 2.26. The standard InChI is InChI=1S/C15H22O5/c1-3-10-19-12-7-5-6-8-13(12)20-11-9-14(15(16)17)18-4-2/h5-8,14H,3-4,9-11H2,1-2H3,(H,16,17). The molecule has 1 unspecified atom stereocenters. The monoisotopic (exact) mass is 282 g/mol. The van der Waals surface area contributed by atoms with Gasteiger partial charge in [0.05, 0.1) is 13.2 Å². The minimum absolute atomic E-state index is 0.267. The topological polar surface area (TPSA) is 65.0 Å². The van der Waals surface area contributed by atoms with Gasteiger partial charge in [-0.05, 0) is 25.5 Å². The van der Waals surface area contributed by atoms with E-state index in [1.54, 1.807) is 13.0 Å². The zero-order valence-corrected chi connectivity index (χ0v) is 12.0. The van der Waals surface area contributed by atoms with Crippen molar-refractivity contribution in [3.05, 3.63) is 24.3 Å². The van der Waals surface area contributed by atoms with Crippen LogP contribution in [0.1, 0.15) is 26.7 Å². The molecule has 0 bridgehead atoms. The lowest BCUT2D eigenvalue weighted by atomic mass is 10.2. The van der Waals surface area contributed by atoms with Crippen molar-refractivity contribution in [1.29, 1.82) is 0 Å². The SMILES string of the molecule is CCCOc1ccccc1OCCC(OCC)C(=O)O. The molecule has 0 spiro atoms. The highest BCUT2D eigenvalue weighted by Gasteiger charge is 2.17. The molecule has 1 rings (SSSR count). The van der Waals surface area contributed by atoms with Crippen LogP contribution in [0, 0.1) is 0 Å². The molecule has 5 nitrogen and oxygen atoms in total. The molecule has 0 heterocycles. The molecule has 0 aromatic heterocycles. The van der Waals surface area contributed by atoms with Crippen molar-refractivity contribution in [3.63, 3.8) is 0 Å². The third kappa shape index (κ3) is 5.48. The number of ether oxygens (including phenoxy) is 3. The van der Waals surface area contributed by atoms with Crippen LogP contribution in [0.4, 0.5) is 0 Å². The Balaban J connectivity index is 2.50. The first-order valence-corrected chi connectivity index (χ1v) is 6.88. The second-order valence-corrected chi connectivity index (χ2v) is 4.21. The lowest BCUT2D eigenvalue weighted by Crippen LogP contribution is -2.26. The average Bonchev–Trinajstić information content (AvgIpc) is 2.45. The molecule has 0 saturated heterocycles. The van der Waals surface area contributed by atoms with Gasteiger partial charge < -0.3 is 19.3 Å². The van der Waals surface area contributed by atoms with Gasteiger partial charge in [0.25, 0.3) is 0 Å². The molecule has 20 heavy (non-hydrogen) atoms. The summed E-state index contributed by atoms with van der Waals surface area (Å²) in [6.45, 7) is 5.06. The van der Waals surface area contributed by atoms with E-state index in [0.29, 0.717) is 31.1 Å². The molecule has 0 aliphatic carbocycles. The summed E-state index contributed by atoms with van der Waals surface area (Å²) in [5, 5.41) is 8.97. The lowest BCUT2D eigenvalue weighted by molar-refractivity contribution is -0.150. The Bertz CT molecular complexity index is 405. The number of hydrogen-bond donors (Lipinski definition) is 1. The molecule has 0 saturated carbocycles. The molecule has 1 aromatic rings. The Hall–Kier alpha value is -1.75. The summed E-state index contributed by atoms with van der Waals surface area (Å²) < 4.78 is 16.3. The largest absolute Gasteiger partial charge is 0.490 e. The molecule has 1 atom stereocenters. The maximum Gasteiger partial charge on any atom is 0.332 e. The number of aliphatic carboxylic acids is 1. The van der Waals surface area contributed by atoms with Crippen LogP contribution in [-0.4, -0.2) is 37.0 Å². The molecule has 0 radical (unpaired) electrons. The Morgan fingerprint density at radius 1 is 1.15 bits per heavy atom. The summed E-state index contributed by atoms with van der Waals surface area (Å²) in [4.78, 5) is 10.9. The minimum Gasteiger partial charge on any atom is -0.490 e. The van der Waals surface area contributed by atoms with Gasteiger partial charge in [-0.3, -0.25) is 0 Å². The minimum atomic E-state index is -0.967. The zero-order valence-electron chi connectivity index (χ0n) is 12.0. The fraction of sp³-hybridized carbons (Fsp3) is 0.533. The second-order valence-electron chi connectivity index (χ2n) is 4.21. The van der Waals surface area contributed by atoms with Gasteiger partial charge in [-0.15, -0.1) is 0 Å². The predicted molar refractivity (Wildman–Crippen MR) is 75.4 cm³/mol. The van der Waals surface area contributed by atoms with E-state index in [9.17, 15) is 4.79 Å². The molecule has 0 amide bonds. The summed E-state index contributed by atoms with van der Waals surface area (Å²) in [5.74, 6) is 0.338. The summed E-state index contributed by atoms with van der Waals surface area (Å²) >= 11 is 0. The fourth-order valence-corrected chi connectivity index (χ4v) is 1.66. The van der Waals surface area contributed by atoms with E-state index < -0.39 is 12.1 Å². The first-order chi connectivity index (χ1) is 9.69. The van der Waals surface area contributed by atoms with Gasteiger partial charge in [-0.2, -0.15) is 0 Å². The number of carboxylic acid groups (broad SMARTS) is 1. The highest BCUT2D eigenvalue weighted by atomic mass is 16.5. The molecular formula is C15H22O5. The fourth-order valence-electron chi connectivity index (χ4n) is 1.66. The summed E-state index contributed by atoms with van der Waals surface area (Å²) in [6.07, 6.45) is 0.383. The number of rotatable bonds is 10. The van der Waals surface area contributed by atoms with E-state index in [4.69, 9.17) is 19.3 Å². The van der Waals surface area contributed by atoms with Crippen molar-refractivity contribution in [2.75, 3.05) is 19.8 Å². The van der Waals surface area contributed by atoms with E-state index in [0.717, 1.165) is 6.42 Å². The van der Waals surface area contributed by atoms with Gasteiger partial charge in [0.1, 0.15) is 0 Å². The Morgan fingerprint density at radius 2 is 1.75 bits per heavy atom. The average molecular weight is 282 g/mol. The van der Waals surface area contributed by atoms with E-state index in [-0.39, 0.29) is 6.61 Å². The van der Waals surface area contributed by atoms with Crippen LogP contribution in [0.15, 0.2) is 24.3 Å². The van der Waals surface area contributed by atoms with E-state index in [2.05, 4.69) is 0 Å². The van der Waals surface area contributed by atoms with Crippen molar-refractivity contribution >= 4 is 5.97 Å². The van der Waals surface area contributed by atoms with Crippen molar-refractivity contribution < 1.29 is 24.1 Å². The number of benzene rings is 1. The van der Waals surface area contributed by atoms with Gasteiger partial charge >= 0.3 is 5.97 Å². The van der Waals surface area contributed by atoms with Gasteiger partial charge in [-0.25, -0.2) is 4.79 Å². The maximum absolute atomic E-state index is 10.9. The van der Waals surface area contributed by atoms with E-state index in [1.165, 1.54) is 0 Å². The normalized spacial score (nSPS) is 11.9. The highest BCUT2D eigenvalue weighted by molar-refractivity contribution is 5.72. The van der Waals surface area contributed by atoms with E-state index >= 15 is 0 Å². The first-order valence-electron chi connectivity index (χ1n) is 6.88. The molecule has 0 fully saturated rings. The van der Waals surface area contributed by atoms with Crippen molar-refractivity contribution in [2.45, 2.75) is 32.8 Å². The summed E-state index contributed by atoms with van der Waals surface area (Å²) in [7, 11) is 0. The van der Waals surface area contributed by atoms with Gasteiger partial charge in [0, 0.05) is 13.0 Å². The quantitative estimate of drug-likeness (QED) is 0.715. The summed E-state index contributed by atoms with van der Waals surface area (Å²) in [5.41, 5.74) is 0. The number of carboxylic acids is 1. The Labute approximate surface area is 119 Å². The molecular weight excluding hydrogens is 260 g/mol. The van der Waals surface area contributed by atoms with Gasteiger partial charge in [0.15, 0.2) is 17.6 Å². The number of carbonyl (C=O) groups is 1. The molecule has 1 aromatic carbocycles. The molecule has 112 valence electrons. The third-order valence-electron chi connectivity index (χ3n) is 2.59. The van der Waals surface area contributed by atoms with Crippen LogP contribution in [-0.2, 0) is 9.53 Å². The van der Waals surface area contributed by atoms with E-state index in [1.807, 2.05) is 25.1 Å². The number of para-hydroxylation sites is 2. The van der Waals surface area contributed by atoms with Crippen LogP contribution in [0.5, 0.6) is 11.5 Å².